The molecule has 1 aliphatic rings. The van der Waals surface area contributed by atoms with Crippen molar-refractivity contribution >= 4 is 5.95 Å². The van der Waals surface area contributed by atoms with Crippen LogP contribution in [0.25, 0.3) is 0 Å². The number of nitrogens with one attached hydrogen (secondary N) is 1. The van der Waals surface area contributed by atoms with Gasteiger partial charge in [-0.3, -0.25) is 0 Å². The van der Waals surface area contributed by atoms with Crippen molar-refractivity contribution in [1.29, 1.82) is 0 Å². The summed E-state index contributed by atoms with van der Waals surface area (Å²) < 4.78 is 10.4. The summed E-state index contributed by atoms with van der Waals surface area (Å²) in [4.78, 5) is 11.1. The molecule has 1 fully saturated rings. The summed E-state index contributed by atoms with van der Waals surface area (Å²) in [7, 11) is 3.22. The lowest BCUT2D eigenvalue weighted by atomic mass is 9.97. The predicted octanol–water partition coefficient (Wildman–Crippen LogP) is 1.71. The first kappa shape index (κ1) is 15.8. The number of hydrogen-bond donors (Lipinski definition) is 1. The highest BCUT2D eigenvalue weighted by Crippen LogP contribution is 2.24. The van der Waals surface area contributed by atoms with Crippen molar-refractivity contribution in [2.45, 2.75) is 26.2 Å². The number of nitrogens with zero attached hydrogens (tertiary/aromatic N) is 3. The average molecular weight is 294 g/mol. The fraction of sp³-hybridized carbons (Fsp3) is 0.733. The molecule has 1 aromatic heterocycles. The second-order valence-electron chi connectivity index (χ2n) is 5.39. The van der Waals surface area contributed by atoms with E-state index >= 15 is 0 Å². The average Bonchev–Trinajstić information content (AvgIpc) is 2.55. The zero-order chi connectivity index (χ0) is 15.1. The Morgan fingerprint density at radius 3 is 2.33 bits per heavy atom. The summed E-state index contributed by atoms with van der Waals surface area (Å²) >= 11 is 0. The second-order valence-corrected chi connectivity index (χ2v) is 5.39. The lowest BCUT2D eigenvalue weighted by Gasteiger charge is -2.32. The van der Waals surface area contributed by atoms with Gasteiger partial charge in [-0.05, 0) is 38.3 Å². The number of ether oxygens (including phenoxy) is 2. The Bertz CT molecular complexity index is 411. The first-order valence-electron chi connectivity index (χ1n) is 7.69. The Hall–Kier alpha value is -1.56. The zero-order valence-electron chi connectivity index (χ0n) is 13.3. The van der Waals surface area contributed by atoms with Gasteiger partial charge in [-0.2, -0.15) is 9.97 Å². The van der Waals surface area contributed by atoms with E-state index in [4.69, 9.17) is 9.47 Å². The topological polar surface area (TPSA) is 59.5 Å². The molecule has 0 radical (unpaired) electrons. The summed E-state index contributed by atoms with van der Waals surface area (Å²) in [6.45, 7) is 6.38. The molecule has 6 nitrogen and oxygen atoms in total. The molecule has 21 heavy (non-hydrogen) atoms. The van der Waals surface area contributed by atoms with Gasteiger partial charge in [-0.25, -0.2) is 0 Å². The number of methoxy groups -OCH3 is 2. The van der Waals surface area contributed by atoms with E-state index in [0.29, 0.717) is 17.7 Å². The van der Waals surface area contributed by atoms with Gasteiger partial charge in [-0.1, -0.05) is 6.92 Å². The first-order chi connectivity index (χ1) is 10.3. The van der Waals surface area contributed by atoms with Gasteiger partial charge in [0.1, 0.15) is 0 Å². The highest BCUT2D eigenvalue weighted by Gasteiger charge is 2.21. The maximum absolute atomic E-state index is 5.21. The molecule has 0 spiro atoms. The Labute approximate surface area is 126 Å². The number of anilines is 1. The Balaban J connectivity index is 1.92. The summed E-state index contributed by atoms with van der Waals surface area (Å²) in [5.41, 5.74) is 0. The van der Waals surface area contributed by atoms with Crippen molar-refractivity contribution < 1.29 is 9.47 Å². The summed E-state index contributed by atoms with van der Waals surface area (Å²) in [6, 6.07) is 1.70. The van der Waals surface area contributed by atoms with Crippen LogP contribution < -0.4 is 19.7 Å². The number of hydrogen-bond acceptors (Lipinski definition) is 6. The summed E-state index contributed by atoms with van der Waals surface area (Å²) in [6.07, 6.45) is 3.52. The SMILES string of the molecule is CCCNCC1CCN(c2nc(OC)cc(OC)n2)CC1. The molecule has 0 amide bonds. The lowest BCUT2D eigenvalue weighted by Crippen LogP contribution is -2.38. The molecule has 118 valence electrons. The van der Waals surface area contributed by atoms with E-state index in [1.165, 1.54) is 19.3 Å². The molecule has 1 aromatic rings. The van der Waals surface area contributed by atoms with Gasteiger partial charge in [0.05, 0.1) is 20.3 Å². The van der Waals surface area contributed by atoms with Gasteiger partial charge in [0.25, 0.3) is 0 Å². The molecule has 0 saturated carbocycles. The fourth-order valence-corrected chi connectivity index (χ4v) is 2.56. The molecule has 1 aliphatic heterocycles. The third-order valence-electron chi connectivity index (χ3n) is 3.84. The zero-order valence-corrected chi connectivity index (χ0v) is 13.3. The molecular weight excluding hydrogens is 268 g/mol. The van der Waals surface area contributed by atoms with Crippen LogP contribution in [-0.4, -0.2) is 50.4 Å². The van der Waals surface area contributed by atoms with Gasteiger partial charge in [0.2, 0.25) is 17.7 Å². The fourth-order valence-electron chi connectivity index (χ4n) is 2.56. The standard InChI is InChI=1S/C15H26N4O2/c1-4-7-16-11-12-5-8-19(9-6-12)15-17-13(20-2)10-14(18-15)21-3/h10,12,16H,4-9,11H2,1-3H3. The number of aromatic nitrogens is 2. The third kappa shape index (κ3) is 4.46. The second kappa shape index (κ2) is 8.02. The van der Waals surface area contributed by atoms with Crippen LogP contribution in [0.4, 0.5) is 5.95 Å². The summed E-state index contributed by atoms with van der Waals surface area (Å²) in [5, 5.41) is 3.51. The van der Waals surface area contributed by atoms with Crippen molar-refractivity contribution in [3.8, 4) is 11.8 Å². The highest BCUT2D eigenvalue weighted by atomic mass is 16.5. The molecule has 0 aromatic carbocycles. The molecule has 0 atom stereocenters. The minimum atomic E-state index is 0.545. The van der Waals surface area contributed by atoms with Gasteiger partial charge in [0, 0.05) is 13.1 Å². The molecule has 0 aliphatic carbocycles. The summed E-state index contributed by atoms with van der Waals surface area (Å²) in [5.74, 6) is 2.54. The number of rotatable bonds is 7. The van der Waals surface area contributed by atoms with Crippen LogP contribution in [0.3, 0.4) is 0 Å². The third-order valence-corrected chi connectivity index (χ3v) is 3.84. The number of piperidine rings is 1. The molecule has 6 heteroatoms. The largest absolute Gasteiger partial charge is 0.481 e. The molecule has 2 rings (SSSR count). The Morgan fingerprint density at radius 1 is 1.19 bits per heavy atom. The van der Waals surface area contributed by atoms with Crippen LogP contribution in [0.15, 0.2) is 6.07 Å². The van der Waals surface area contributed by atoms with Gasteiger partial charge < -0.3 is 19.7 Å². The van der Waals surface area contributed by atoms with Gasteiger partial charge in [-0.15, -0.1) is 0 Å². The van der Waals surface area contributed by atoms with Crippen LogP contribution >= 0.6 is 0 Å². The van der Waals surface area contributed by atoms with Crippen molar-refractivity contribution in [2.75, 3.05) is 45.3 Å². The highest BCUT2D eigenvalue weighted by molar-refractivity contribution is 5.37. The predicted molar refractivity (Wildman–Crippen MR) is 83.2 cm³/mol. The molecule has 1 saturated heterocycles. The maximum atomic E-state index is 5.21. The molecule has 0 bridgehead atoms. The Morgan fingerprint density at radius 2 is 1.81 bits per heavy atom. The van der Waals surface area contributed by atoms with E-state index in [1.807, 2.05) is 0 Å². The van der Waals surface area contributed by atoms with Crippen molar-refractivity contribution in [3.63, 3.8) is 0 Å². The van der Waals surface area contributed by atoms with E-state index < -0.39 is 0 Å². The minimum Gasteiger partial charge on any atom is -0.481 e. The first-order valence-corrected chi connectivity index (χ1v) is 7.69. The van der Waals surface area contributed by atoms with E-state index in [0.717, 1.165) is 32.1 Å². The Kier molecular flexibility index (Phi) is 6.04. The van der Waals surface area contributed by atoms with Crippen LogP contribution in [0.2, 0.25) is 0 Å². The smallest absolute Gasteiger partial charge is 0.231 e. The maximum Gasteiger partial charge on any atom is 0.231 e. The van der Waals surface area contributed by atoms with Crippen LogP contribution in [0, 0.1) is 5.92 Å². The van der Waals surface area contributed by atoms with Gasteiger partial charge in [0.15, 0.2) is 0 Å². The van der Waals surface area contributed by atoms with Crippen LogP contribution in [-0.2, 0) is 0 Å². The van der Waals surface area contributed by atoms with Crippen molar-refractivity contribution in [2.24, 2.45) is 5.92 Å². The molecular formula is C15H26N4O2. The molecule has 1 N–H and O–H groups in total. The van der Waals surface area contributed by atoms with E-state index in [-0.39, 0.29) is 0 Å². The van der Waals surface area contributed by atoms with E-state index in [2.05, 4.69) is 27.1 Å². The van der Waals surface area contributed by atoms with Crippen LogP contribution in [0.1, 0.15) is 26.2 Å². The van der Waals surface area contributed by atoms with Gasteiger partial charge >= 0.3 is 0 Å². The van der Waals surface area contributed by atoms with Crippen molar-refractivity contribution in [1.82, 2.24) is 15.3 Å². The minimum absolute atomic E-state index is 0.545. The normalized spacial score (nSPS) is 16.0. The van der Waals surface area contributed by atoms with E-state index in [1.54, 1.807) is 20.3 Å². The van der Waals surface area contributed by atoms with E-state index in [9.17, 15) is 0 Å². The van der Waals surface area contributed by atoms with Crippen molar-refractivity contribution in [3.05, 3.63) is 6.07 Å². The lowest BCUT2D eigenvalue weighted by molar-refractivity contribution is 0.362. The quantitative estimate of drug-likeness (QED) is 0.773. The molecule has 0 unspecified atom stereocenters. The molecule has 2 heterocycles. The van der Waals surface area contributed by atoms with Crippen LogP contribution in [0.5, 0.6) is 11.8 Å². The monoisotopic (exact) mass is 294 g/mol.